The molecule has 0 aliphatic heterocycles. The van der Waals surface area contributed by atoms with Gasteiger partial charge in [-0.2, -0.15) is 0 Å². The quantitative estimate of drug-likeness (QED) is 0.121. The van der Waals surface area contributed by atoms with E-state index in [4.69, 9.17) is 9.47 Å². The number of aliphatic hydroxyl groups excluding tert-OH is 2. The van der Waals surface area contributed by atoms with Gasteiger partial charge in [-0.3, -0.25) is 0 Å². The van der Waals surface area contributed by atoms with Crippen LogP contribution in [0.2, 0.25) is 0 Å². The Labute approximate surface area is 394 Å². The van der Waals surface area contributed by atoms with Crippen LogP contribution in [0.25, 0.3) is 0 Å². The maximum Gasteiger partial charge on any atom is 0.126 e. The highest BCUT2D eigenvalue weighted by molar-refractivity contribution is 5.59. The number of hydrogen-bond donors (Lipinski definition) is 4. The second-order valence-corrected chi connectivity index (χ2v) is 22.8. The zero-order valence-corrected chi connectivity index (χ0v) is 41.5. The van der Waals surface area contributed by atoms with Gasteiger partial charge in [0.15, 0.2) is 0 Å². The Morgan fingerprint density at radius 1 is 0.348 bits per heavy atom. The summed E-state index contributed by atoms with van der Waals surface area (Å²) in [5.41, 5.74) is 14.4. The van der Waals surface area contributed by atoms with Crippen molar-refractivity contribution in [2.75, 3.05) is 0 Å². The van der Waals surface area contributed by atoms with Crippen LogP contribution in [0.5, 0.6) is 23.0 Å². The van der Waals surface area contributed by atoms with Crippen LogP contribution in [0.1, 0.15) is 172 Å². The van der Waals surface area contributed by atoms with Gasteiger partial charge in [-0.1, -0.05) is 180 Å². The molecule has 0 heterocycles. The molecule has 66 heavy (non-hydrogen) atoms. The monoisotopic (exact) mass is 889 g/mol. The molecule has 6 heteroatoms. The Morgan fingerprint density at radius 3 is 0.773 bits per heavy atom. The van der Waals surface area contributed by atoms with Crippen LogP contribution in [-0.2, 0) is 73.8 Å². The van der Waals surface area contributed by atoms with Gasteiger partial charge in [-0.15, -0.1) is 0 Å². The van der Waals surface area contributed by atoms with E-state index in [0.717, 1.165) is 101 Å². The van der Waals surface area contributed by atoms with Crippen LogP contribution in [0, 0.1) is 0 Å². The van der Waals surface area contributed by atoms with E-state index in [0.29, 0.717) is 38.9 Å². The Bertz CT molecular complexity index is 2410. The number of aromatic hydroxyl groups is 2. The first-order valence-corrected chi connectivity index (χ1v) is 23.6. The van der Waals surface area contributed by atoms with Crippen molar-refractivity contribution in [1.82, 2.24) is 0 Å². The predicted octanol–water partition coefficient (Wildman–Crippen LogP) is 13.1. The Hall–Kier alpha value is -5.56. The number of phenolic OH excluding ortho intramolecular Hbond substituents is 2. The fourth-order valence-corrected chi connectivity index (χ4v) is 8.81. The van der Waals surface area contributed by atoms with Gasteiger partial charge in [0.2, 0.25) is 0 Å². The van der Waals surface area contributed by atoms with Gasteiger partial charge in [0.05, 0.1) is 13.2 Å². The molecule has 0 aromatic heterocycles. The van der Waals surface area contributed by atoms with Crippen molar-refractivity contribution in [2.45, 2.75) is 157 Å². The van der Waals surface area contributed by atoms with Gasteiger partial charge in [-0.25, -0.2) is 0 Å². The van der Waals surface area contributed by atoms with E-state index in [1.165, 1.54) is 0 Å². The summed E-state index contributed by atoms with van der Waals surface area (Å²) in [5, 5.41) is 44.8. The van der Waals surface area contributed by atoms with E-state index >= 15 is 0 Å². The van der Waals surface area contributed by atoms with Gasteiger partial charge in [0.1, 0.15) is 36.2 Å². The number of aliphatic hydroxyl groups is 2. The van der Waals surface area contributed by atoms with Crippen molar-refractivity contribution in [1.29, 1.82) is 0 Å². The lowest BCUT2D eigenvalue weighted by Crippen LogP contribution is -2.16. The molecule has 6 aromatic rings. The first-order valence-electron chi connectivity index (χ1n) is 23.6. The maximum atomic E-state index is 12.7. The van der Waals surface area contributed by atoms with Crippen LogP contribution in [0.15, 0.2) is 97.1 Å². The number of rotatable bonds is 8. The number of benzene rings is 6. The minimum absolute atomic E-state index is 0.0284. The first-order chi connectivity index (χ1) is 30.9. The number of ether oxygens (including phenoxy) is 2. The average molecular weight is 889 g/mol. The minimum atomic E-state index is -0.222. The molecule has 348 valence electrons. The fourth-order valence-electron chi connectivity index (χ4n) is 8.81. The van der Waals surface area contributed by atoms with Gasteiger partial charge < -0.3 is 29.9 Å². The molecular weight excluding hydrogens is 817 g/mol. The first kappa shape index (κ1) is 48.4. The number of fused-ring (bicyclic) bond motifs is 8. The van der Waals surface area contributed by atoms with Crippen molar-refractivity contribution in [3.05, 3.63) is 186 Å². The Balaban J connectivity index is 1.53. The highest BCUT2D eigenvalue weighted by atomic mass is 16.5. The van der Waals surface area contributed by atoms with Gasteiger partial charge >= 0.3 is 0 Å². The third-order valence-electron chi connectivity index (χ3n) is 13.2. The summed E-state index contributed by atoms with van der Waals surface area (Å²) in [6.07, 6.45) is 1.66. The molecule has 0 unspecified atom stereocenters. The SMILES string of the molecule is CC(C)(C)c1cc2c(O)c(c1)Cc1cc(C(C)(C)C)cc(c1OCc1ccc(CO)cc1)Cc1cc(C(C)(C)C)cc(c1O)Cc1cc(C(C)(C)C)cc(c1OCc1ccc(CO)cc1)C2. The van der Waals surface area contributed by atoms with Crippen LogP contribution in [-0.4, -0.2) is 20.4 Å². The number of phenols is 2. The second-order valence-electron chi connectivity index (χ2n) is 22.8. The lowest BCUT2D eigenvalue weighted by atomic mass is 9.79. The standard InChI is InChI=1S/C60H72O6/c1-57(2,3)49-25-41-21-45-29-51(59(7,8)9)31-47(55(45)65-35-39-17-13-37(33-61)14-18-39)23-43-27-50(58(4,5)6)28-44(54(43)64)24-48-32-52(60(10,11)12)30-46(22-42(26-49)53(41)63)56(48)66-36-40-19-15-38(34-62)16-20-40/h13-20,25-32,61-64H,21-24,33-36H2,1-12H3. The molecule has 0 saturated carbocycles. The molecule has 1 aliphatic carbocycles. The highest BCUT2D eigenvalue weighted by Crippen LogP contribution is 2.44. The molecule has 7 rings (SSSR count). The fraction of sp³-hybridized carbons (Fsp3) is 0.400. The Kier molecular flexibility index (Phi) is 13.6. The highest BCUT2D eigenvalue weighted by Gasteiger charge is 2.29. The van der Waals surface area contributed by atoms with Crippen molar-refractivity contribution in [3.8, 4) is 23.0 Å². The van der Waals surface area contributed by atoms with Crippen molar-refractivity contribution >= 4 is 0 Å². The molecule has 8 bridgehead atoms. The third kappa shape index (κ3) is 11.0. The Morgan fingerprint density at radius 2 is 0.561 bits per heavy atom. The molecule has 0 radical (unpaired) electrons. The molecular formula is C60H72O6. The summed E-state index contributed by atoms with van der Waals surface area (Å²) >= 11 is 0. The molecule has 0 amide bonds. The molecule has 1 aliphatic rings. The van der Waals surface area contributed by atoms with Crippen LogP contribution < -0.4 is 9.47 Å². The predicted molar refractivity (Wildman–Crippen MR) is 269 cm³/mol. The van der Waals surface area contributed by atoms with Crippen molar-refractivity contribution < 1.29 is 29.9 Å². The largest absolute Gasteiger partial charge is 0.507 e. The maximum absolute atomic E-state index is 12.7. The summed E-state index contributed by atoms with van der Waals surface area (Å²) in [5.74, 6) is 2.00. The zero-order chi connectivity index (χ0) is 47.9. The van der Waals surface area contributed by atoms with E-state index in [2.05, 4.69) is 132 Å². The van der Waals surface area contributed by atoms with E-state index < -0.39 is 0 Å². The van der Waals surface area contributed by atoms with Gasteiger partial charge in [-0.05, 0) is 111 Å². The van der Waals surface area contributed by atoms with Crippen LogP contribution >= 0.6 is 0 Å². The third-order valence-corrected chi connectivity index (χ3v) is 13.2. The summed E-state index contributed by atoms with van der Waals surface area (Å²) in [6, 6.07) is 33.3. The summed E-state index contributed by atoms with van der Waals surface area (Å²) in [4.78, 5) is 0. The minimum Gasteiger partial charge on any atom is -0.507 e. The molecule has 0 spiro atoms. The van der Waals surface area contributed by atoms with E-state index in [1.54, 1.807) is 0 Å². The van der Waals surface area contributed by atoms with Crippen LogP contribution in [0.4, 0.5) is 0 Å². The summed E-state index contributed by atoms with van der Waals surface area (Å²) < 4.78 is 14.0. The van der Waals surface area contributed by atoms with Gasteiger partial charge in [0.25, 0.3) is 0 Å². The van der Waals surface area contributed by atoms with Crippen LogP contribution in [0.3, 0.4) is 0 Å². The summed E-state index contributed by atoms with van der Waals surface area (Å²) in [7, 11) is 0. The number of hydrogen-bond acceptors (Lipinski definition) is 6. The molecule has 6 aromatic carbocycles. The van der Waals surface area contributed by atoms with Crippen molar-refractivity contribution in [3.63, 3.8) is 0 Å². The molecule has 0 atom stereocenters. The van der Waals surface area contributed by atoms with E-state index in [1.807, 2.05) is 48.5 Å². The lowest BCUT2D eigenvalue weighted by molar-refractivity contribution is 0.281. The second kappa shape index (κ2) is 18.6. The average Bonchev–Trinajstić information content (AvgIpc) is 3.24. The summed E-state index contributed by atoms with van der Waals surface area (Å²) in [6.45, 7) is 27.2. The molecule has 6 nitrogen and oxygen atoms in total. The zero-order valence-electron chi connectivity index (χ0n) is 41.5. The van der Waals surface area contributed by atoms with Crippen molar-refractivity contribution in [2.24, 2.45) is 0 Å². The lowest BCUT2D eigenvalue weighted by Gasteiger charge is -2.28. The molecule has 0 saturated heterocycles. The molecule has 0 fully saturated rings. The van der Waals surface area contributed by atoms with Gasteiger partial charge in [0, 0.05) is 25.7 Å². The van der Waals surface area contributed by atoms with E-state index in [-0.39, 0.29) is 46.4 Å². The normalized spacial score (nSPS) is 13.4. The topological polar surface area (TPSA) is 99.4 Å². The smallest absolute Gasteiger partial charge is 0.126 e. The van der Waals surface area contributed by atoms with E-state index in [9.17, 15) is 20.4 Å². The molecule has 4 N–H and O–H groups in total.